The number of halogens is 4. The number of nitrogens with zero attached hydrogens (tertiary/aromatic N) is 3. The number of aromatic nitrogens is 3. The monoisotopic (exact) mass is 362 g/mol. The lowest BCUT2D eigenvalue weighted by Crippen LogP contribution is -2.06. The minimum absolute atomic E-state index is 0.160. The van der Waals surface area contributed by atoms with Gasteiger partial charge in [-0.1, -0.05) is 24.3 Å². The van der Waals surface area contributed by atoms with Crippen LogP contribution in [0.25, 0.3) is 11.3 Å². The summed E-state index contributed by atoms with van der Waals surface area (Å²) in [6.45, 7) is 0. The average molecular weight is 362 g/mol. The molecule has 134 valence electrons. The van der Waals surface area contributed by atoms with Crippen LogP contribution in [-0.4, -0.2) is 28.7 Å². The van der Waals surface area contributed by atoms with Crippen LogP contribution in [0, 0.1) is 5.82 Å². The van der Waals surface area contributed by atoms with E-state index < -0.39 is 17.6 Å². The predicted molar refractivity (Wildman–Crippen MR) is 89.5 cm³/mol. The fourth-order valence-electron chi connectivity index (χ4n) is 2.58. The van der Waals surface area contributed by atoms with Crippen molar-refractivity contribution in [3.05, 3.63) is 70.7 Å². The van der Waals surface area contributed by atoms with Gasteiger partial charge in [0.1, 0.15) is 17.2 Å². The second kappa shape index (κ2) is 7.07. The molecule has 0 aliphatic carbocycles. The Morgan fingerprint density at radius 1 is 1.12 bits per heavy atom. The van der Waals surface area contributed by atoms with Crippen molar-refractivity contribution in [1.82, 2.24) is 15.4 Å². The van der Waals surface area contributed by atoms with Crippen LogP contribution in [-0.2, 0) is 12.6 Å². The minimum Gasteiger partial charge on any atom is -0.294 e. The summed E-state index contributed by atoms with van der Waals surface area (Å²) in [4.78, 5) is 3.91. The maximum Gasteiger partial charge on any atom is 0.416 e. The van der Waals surface area contributed by atoms with Crippen molar-refractivity contribution in [2.45, 2.75) is 12.6 Å². The van der Waals surface area contributed by atoms with Crippen LogP contribution in [0.15, 0.2) is 47.5 Å². The molecule has 1 heterocycles. The maximum absolute atomic E-state index is 14.1. The van der Waals surface area contributed by atoms with Gasteiger partial charge in [0, 0.05) is 19.0 Å². The van der Waals surface area contributed by atoms with E-state index in [1.807, 2.05) is 6.07 Å². The normalized spacial score (nSPS) is 12.0. The quantitative estimate of drug-likeness (QED) is 0.557. The number of benzene rings is 2. The molecule has 0 saturated carbocycles. The van der Waals surface area contributed by atoms with Gasteiger partial charge in [0.2, 0.25) is 0 Å². The summed E-state index contributed by atoms with van der Waals surface area (Å²) in [5.74, 6) is -0.884. The summed E-state index contributed by atoms with van der Waals surface area (Å²) in [7, 11) is 1.61. The first kappa shape index (κ1) is 17.8. The molecular formula is C18H14F4N4. The lowest BCUT2D eigenvalue weighted by atomic mass is 9.99. The number of rotatable bonds is 4. The van der Waals surface area contributed by atoms with Crippen LogP contribution in [0.5, 0.6) is 0 Å². The molecule has 0 amide bonds. The number of aromatic amines is 1. The van der Waals surface area contributed by atoms with Gasteiger partial charge in [0.15, 0.2) is 0 Å². The van der Waals surface area contributed by atoms with Crippen LogP contribution in [0.3, 0.4) is 0 Å². The van der Waals surface area contributed by atoms with Crippen molar-refractivity contribution < 1.29 is 17.6 Å². The Morgan fingerprint density at radius 3 is 2.62 bits per heavy atom. The number of hydrogen-bond donors (Lipinski definition) is 1. The lowest BCUT2D eigenvalue weighted by Gasteiger charge is -2.10. The topological polar surface area (TPSA) is 53.9 Å². The average Bonchev–Trinajstić information content (AvgIpc) is 3.05. The van der Waals surface area contributed by atoms with E-state index in [1.54, 1.807) is 31.5 Å². The predicted octanol–water partition coefficient (Wildman–Crippen LogP) is 4.27. The zero-order chi connectivity index (χ0) is 18.7. The van der Waals surface area contributed by atoms with E-state index in [0.29, 0.717) is 17.5 Å². The van der Waals surface area contributed by atoms with E-state index >= 15 is 0 Å². The van der Waals surface area contributed by atoms with Crippen LogP contribution >= 0.6 is 0 Å². The molecule has 0 atom stereocenters. The molecule has 4 nitrogen and oxygen atoms in total. The minimum atomic E-state index is -4.57. The Morgan fingerprint density at radius 2 is 1.92 bits per heavy atom. The zero-order valence-corrected chi connectivity index (χ0v) is 13.7. The third-order valence-electron chi connectivity index (χ3n) is 3.80. The summed E-state index contributed by atoms with van der Waals surface area (Å²) in [6.07, 6.45) is -2.85. The van der Waals surface area contributed by atoms with Crippen LogP contribution in [0.4, 0.5) is 17.6 Å². The molecule has 8 heteroatoms. The molecule has 0 saturated heterocycles. The van der Waals surface area contributed by atoms with Crippen molar-refractivity contribution in [3.63, 3.8) is 0 Å². The van der Waals surface area contributed by atoms with Gasteiger partial charge in [-0.3, -0.25) is 4.99 Å². The fourth-order valence-corrected chi connectivity index (χ4v) is 2.58. The highest BCUT2D eigenvalue weighted by Gasteiger charge is 2.31. The molecule has 1 N–H and O–H groups in total. The first-order valence-corrected chi connectivity index (χ1v) is 7.66. The largest absolute Gasteiger partial charge is 0.416 e. The van der Waals surface area contributed by atoms with E-state index in [-0.39, 0.29) is 12.0 Å². The molecule has 1 aromatic heterocycles. The lowest BCUT2D eigenvalue weighted by molar-refractivity contribution is -0.137. The fraction of sp³-hybridized carbons (Fsp3) is 0.167. The smallest absolute Gasteiger partial charge is 0.294 e. The van der Waals surface area contributed by atoms with Crippen LogP contribution in [0.2, 0.25) is 0 Å². The molecule has 0 fully saturated rings. The van der Waals surface area contributed by atoms with E-state index in [0.717, 1.165) is 23.3 Å². The van der Waals surface area contributed by atoms with Gasteiger partial charge in [-0.05, 0) is 29.3 Å². The second-order valence-electron chi connectivity index (χ2n) is 5.63. The van der Waals surface area contributed by atoms with E-state index in [1.165, 1.54) is 0 Å². The van der Waals surface area contributed by atoms with Gasteiger partial charge in [0.25, 0.3) is 0 Å². The Bertz CT molecular complexity index is 944. The Labute approximate surface area is 146 Å². The molecule has 3 aromatic rings. The maximum atomic E-state index is 14.1. The Balaban J connectivity index is 1.89. The highest BCUT2D eigenvalue weighted by atomic mass is 19.4. The van der Waals surface area contributed by atoms with Crippen molar-refractivity contribution in [2.24, 2.45) is 4.99 Å². The molecule has 3 rings (SSSR count). The van der Waals surface area contributed by atoms with E-state index in [9.17, 15) is 17.6 Å². The standard InChI is InChI=1S/C18H14F4N4/c1-23-10-16-17(25-26-24-16)13-4-2-3-11(8-13)7-12-5-6-14(9-15(12)19)18(20,21)22/h2-6,8-10H,7H2,1H3,(H,24,25,26). The highest BCUT2D eigenvalue weighted by molar-refractivity contribution is 5.86. The summed E-state index contributed by atoms with van der Waals surface area (Å²) in [5.41, 5.74) is 1.82. The van der Waals surface area contributed by atoms with E-state index in [2.05, 4.69) is 20.4 Å². The highest BCUT2D eigenvalue weighted by Crippen LogP contribution is 2.31. The molecular weight excluding hydrogens is 348 g/mol. The second-order valence-corrected chi connectivity index (χ2v) is 5.63. The number of H-pyrrole nitrogens is 1. The molecule has 0 aliphatic rings. The van der Waals surface area contributed by atoms with Gasteiger partial charge in [0.05, 0.1) is 11.8 Å². The van der Waals surface area contributed by atoms with Gasteiger partial charge < -0.3 is 0 Å². The number of aliphatic imine (C=N–C) groups is 1. The number of hydrogen-bond acceptors (Lipinski definition) is 3. The van der Waals surface area contributed by atoms with Crippen LogP contribution < -0.4 is 0 Å². The van der Waals surface area contributed by atoms with E-state index in [4.69, 9.17) is 0 Å². The first-order chi connectivity index (χ1) is 12.4. The molecule has 2 aromatic carbocycles. The zero-order valence-electron chi connectivity index (χ0n) is 13.7. The van der Waals surface area contributed by atoms with Crippen molar-refractivity contribution in [3.8, 4) is 11.3 Å². The number of alkyl halides is 3. The summed E-state index contributed by atoms with van der Waals surface area (Å²) in [5, 5.41) is 10.6. The summed E-state index contributed by atoms with van der Waals surface area (Å²) in [6, 6.07) is 9.72. The van der Waals surface area contributed by atoms with Crippen molar-refractivity contribution >= 4 is 6.21 Å². The summed E-state index contributed by atoms with van der Waals surface area (Å²) >= 11 is 0. The molecule has 0 radical (unpaired) electrons. The van der Waals surface area contributed by atoms with Gasteiger partial charge in [-0.2, -0.15) is 28.6 Å². The molecule has 0 spiro atoms. The van der Waals surface area contributed by atoms with Crippen LogP contribution in [0.1, 0.15) is 22.4 Å². The van der Waals surface area contributed by atoms with Gasteiger partial charge in [-0.15, -0.1) is 0 Å². The Kier molecular flexibility index (Phi) is 4.83. The third-order valence-corrected chi connectivity index (χ3v) is 3.80. The van der Waals surface area contributed by atoms with Crippen molar-refractivity contribution in [1.29, 1.82) is 0 Å². The summed E-state index contributed by atoms with van der Waals surface area (Å²) < 4.78 is 52.0. The first-order valence-electron chi connectivity index (χ1n) is 7.66. The number of nitrogens with one attached hydrogen (secondary N) is 1. The van der Waals surface area contributed by atoms with Crippen molar-refractivity contribution in [2.75, 3.05) is 7.05 Å². The molecule has 0 aliphatic heterocycles. The SMILES string of the molecule is CN=Cc1n[nH]nc1-c1cccc(Cc2ccc(C(F)(F)F)cc2F)c1. The third kappa shape index (κ3) is 3.79. The van der Waals surface area contributed by atoms with Gasteiger partial charge >= 0.3 is 6.18 Å². The Hall–Kier alpha value is -3.03. The molecule has 0 bridgehead atoms. The molecule has 0 unspecified atom stereocenters. The molecule has 26 heavy (non-hydrogen) atoms. The van der Waals surface area contributed by atoms with Gasteiger partial charge in [-0.25, -0.2) is 4.39 Å².